The van der Waals surface area contributed by atoms with E-state index < -0.39 is 5.72 Å². The molecule has 0 bridgehead atoms. The summed E-state index contributed by atoms with van der Waals surface area (Å²) in [5.74, 6) is 0.777. The minimum Gasteiger partial charge on any atom is -0.355 e. The van der Waals surface area contributed by atoms with Crippen molar-refractivity contribution in [3.8, 4) is 0 Å². The zero-order valence-electron chi connectivity index (χ0n) is 20.7. The smallest absolute Gasteiger partial charge is 0.257 e. The summed E-state index contributed by atoms with van der Waals surface area (Å²) in [6.45, 7) is 15.2. The van der Waals surface area contributed by atoms with Crippen LogP contribution in [0.15, 0.2) is 34.9 Å². The van der Waals surface area contributed by atoms with Crippen LogP contribution in [-0.2, 0) is 14.3 Å². The van der Waals surface area contributed by atoms with Crippen LogP contribution in [0.25, 0.3) is 0 Å². The summed E-state index contributed by atoms with van der Waals surface area (Å²) in [7, 11) is 1.60. The topological polar surface area (TPSA) is 55.4 Å². The lowest BCUT2D eigenvalue weighted by Gasteiger charge is -2.52. The standard InChI is InChI=1S/C27H41NO3/c1-9-18(5)22-19(6)14-26(7)13-17(4)10-11-21(26)23(22)24(29)20-15-27(31-8,12-16(2)3)28-25(20)30/h9,14-17,21-23H,10-13H2,1-8H3,(H,28,30)/t17-,21+,22-,23+,26+,27-/m0/s1. The molecular formula is C27H41NO3. The first kappa shape index (κ1) is 24.0. The molecule has 31 heavy (non-hydrogen) atoms. The third kappa shape index (κ3) is 4.33. The number of carbonyl (C=O) groups excluding carboxylic acids is 2. The molecule has 0 spiro atoms. The monoisotopic (exact) mass is 427 g/mol. The fourth-order valence-electron chi connectivity index (χ4n) is 6.70. The molecular weight excluding hydrogens is 386 g/mol. The number of Topliss-reactive ketones (excluding diaryl/α,β-unsaturated/α-hetero) is 1. The number of nitrogens with one attached hydrogen (secondary N) is 1. The number of amides is 1. The second-order valence-electron chi connectivity index (χ2n) is 11.0. The number of methoxy groups -OCH3 is 1. The summed E-state index contributed by atoms with van der Waals surface area (Å²) in [5.41, 5.74) is 1.88. The highest BCUT2D eigenvalue weighted by Gasteiger charge is 2.53. The van der Waals surface area contributed by atoms with Crippen LogP contribution >= 0.6 is 0 Å². The van der Waals surface area contributed by atoms with Gasteiger partial charge in [0.15, 0.2) is 11.5 Å². The summed E-state index contributed by atoms with van der Waals surface area (Å²) >= 11 is 0. The second-order valence-corrected chi connectivity index (χ2v) is 11.0. The van der Waals surface area contributed by atoms with E-state index in [0.29, 0.717) is 18.3 Å². The third-order valence-electron chi connectivity index (χ3n) is 7.98. The van der Waals surface area contributed by atoms with Crippen LogP contribution in [0.3, 0.4) is 0 Å². The largest absolute Gasteiger partial charge is 0.355 e. The maximum atomic E-state index is 14.1. The number of hydrogen-bond acceptors (Lipinski definition) is 3. The number of fused-ring (bicyclic) bond motifs is 1. The minimum absolute atomic E-state index is 0.00147. The van der Waals surface area contributed by atoms with Gasteiger partial charge in [0.2, 0.25) is 0 Å². The SMILES string of the molecule is CC=C(C)[C@H]1C(C)=C[C@@]2(C)C[C@@H](C)CC[C@@H]2[C@H]1C(=O)C1=C[C@](CC(C)C)(OC)NC1=O. The first-order valence-electron chi connectivity index (χ1n) is 11.9. The van der Waals surface area contributed by atoms with Crippen LogP contribution in [0.4, 0.5) is 0 Å². The molecule has 6 atom stereocenters. The highest BCUT2D eigenvalue weighted by molar-refractivity contribution is 6.22. The molecule has 1 aliphatic heterocycles. The van der Waals surface area contributed by atoms with E-state index in [2.05, 4.69) is 59.0 Å². The molecule has 0 unspecified atom stereocenters. The lowest BCUT2D eigenvalue weighted by molar-refractivity contribution is -0.129. The van der Waals surface area contributed by atoms with Crippen molar-refractivity contribution in [2.75, 3.05) is 7.11 Å². The Balaban J connectivity index is 2.08. The maximum absolute atomic E-state index is 14.1. The van der Waals surface area contributed by atoms with Gasteiger partial charge in [-0.2, -0.15) is 0 Å². The molecule has 1 N–H and O–H groups in total. The Morgan fingerprint density at radius 1 is 1.32 bits per heavy atom. The van der Waals surface area contributed by atoms with E-state index in [1.807, 2.05) is 6.92 Å². The van der Waals surface area contributed by atoms with Gasteiger partial charge >= 0.3 is 0 Å². The molecule has 1 amide bonds. The predicted octanol–water partition coefficient (Wildman–Crippen LogP) is 5.60. The lowest BCUT2D eigenvalue weighted by Crippen LogP contribution is -2.48. The van der Waals surface area contributed by atoms with Gasteiger partial charge in [-0.15, -0.1) is 0 Å². The summed E-state index contributed by atoms with van der Waals surface area (Å²) in [6.07, 6.45) is 10.2. The van der Waals surface area contributed by atoms with Crippen LogP contribution in [0, 0.1) is 35.0 Å². The van der Waals surface area contributed by atoms with E-state index in [4.69, 9.17) is 4.74 Å². The van der Waals surface area contributed by atoms with Gasteiger partial charge in [0.25, 0.3) is 5.91 Å². The lowest BCUT2D eigenvalue weighted by atomic mass is 9.52. The number of ketones is 1. The quantitative estimate of drug-likeness (QED) is 0.443. The molecule has 0 radical (unpaired) electrons. The zero-order chi connectivity index (χ0) is 23.1. The number of allylic oxidation sites excluding steroid dienone is 4. The van der Waals surface area contributed by atoms with Crippen molar-refractivity contribution in [1.29, 1.82) is 0 Å². The van der Waals surface area contributed by atoms with Gasteiger partial charge in [-0.25, -0.2) is 0 Å². The molecule has 1 saturated carbocycles. The zero-order valence-corrected chi connectivity index (χ0v) is 20.7. The Labute approximate surface area is 188 Å². The van der Waals surface area contributed by atoms with E-state index in [9.17, 15) is 9.59 Å². The van der Waals surface area contributed by atoms with Crippen LogP contribution in [0.2, 0.25) is 0 Å². The van der Waals surface area contributed by atoms with Crippen molar-refractivity contribution in [2.45, 2.75) is 79.9 Å². The number of carbonyl (C=O) groups is 2. The predicted molar refractivity (Wildman–Crippen MR) is 125 cm³/mol. The van der Waals surface area contributed by atoms with Crippen molar-refractivity contribution >= 4 is 11.7 Å². The summed E-state index contributed by atoms with van der Waals surface area (Å²) in [5, 5.41) is 2.97. The van der Waals surface area contributed by atoms with E-state index in [0.717, 1.165) is 19.3 Å². The highest BCUT2D eigenvalue weighted by atomic mass is 16.5. The van der Waals surface area contributed by atoms with Gasteiger partial charge in [0.05, 0.1) is 5.57 Å². The average molecular weight is 428 g/mol. The first-order chi connectivity index (χ1) is 14.5. The summed E-state index contributed by atoms with van der Waals surface area (Å²) < 4.78 is 5.72. The highest BCUT2D eigenvalue weighted by Crippen LogP contribution is 2.56. The van der Waals surface area contributed by atoms with Crippen LogP contribution in [0.5, 0.6) is 0 Å². The molecule has 4 nitrogen and oxygen atoms in total. The van der Waals surface area contributed by atoms with Crippen molar-refractivity contribution in [2.24, 2.45) is 35.0 Å². The number of ether oxygens (including phenoxy) is 1. The van der Waals surface area contributed by atoms with E-state index in [-0.39, 0.29) is 40.4 Å². The second kappa shape index (κ2) is 8.69. The van der Waals surface area contributed by atoms with Gasteiger partial charge in [0.1, 0.15) is 0 Å². The minimum atomic E-state index is -0.884. The first-order valence-corrected chi connectivity index (χ1v) is 11.9. The Morgan fingerprint density at radius 3 is 2.58 bits per heavy atom. The van der Waals surface area contributed by atoms with Gasteiger partial charge in [-0.3, -0.25) is 9.59 Å². The van der Waals surface area contributed by atoms with Gasteiger partial charge in [0, 0.05) is 25.4 Å². The molecule has 0 aromatic rings. The molecule has 1 fully saturated rings. The summed E-state index contributed by atoms with van der Waals surface area (Å²) in [4.78, 5) is 27.1. The molecule has 172 valence electrons. The Hall–Kier alpha value is -1.68. The van der Waals surface area contributed by atoms with Crippen molar-refractivity contribution < 1.29 is 14.3 Å². The van der Waals surface area contributed by atoms with Crippen LogP contribution in [-0.4, -0.2) is 24.5 Å². The van der Waals surface area contributed by atoms with Crippen molar-refractivity contribution in [1.82, 2.24) is 5.32 Å². The molecule has 2 aliphatic carbocycles. The van der Waals surface area contributed by atoms with Crippen LogP contribution < -0.4 is 5.32 Å². The number of rotatable bonds is 6. The molecule has 0 saturated heterocycles. The molecule has 4 heteroatoms. The average Bonchev–Trinajstić information content (AvgIpc) is 3.00. The summed E-state index contributed by atoms with van der Waals surface area (Å²) in [6, 6.07) is 0. The molecule has 1 heterocycles. The van der Waals surface area contributed by atoms with Crippen LogP contribution in [0.1, 0.15) is 74.1 Å². The Bertz CT molecular complexity index is 835. The van der Waals surface area contributed by atoms with Crippen molar-refractivity contribution in [3.63, 3.8) is 0 Å². The Morgan fingerprint density at radius 2 is 2.00 bits per heavy atom. The van der Waals surface area contributed by atoms with Crippen molar-refractivity contribution in [3.05, 3.63) is 34.9 Å². The molecule has 0 aromatic heterocycles. The fraction of sp³-hybridized carbons (Fsp3) is 0.704. The normalized spacial score (nSPS) is 38.5. The maximum Gasteiger partial charge on any atom is 0.257 e. The number of hydrogen-bond donors (Lipinski definition) is 1. The fourth-order valence-corrected chi connectivity index (χ4v) is 6.70. The van der Waals surface area contributed by atoms with Gasteiger partial charge in [-0.05, 0) is 62.9 Å². The van der Waals surface area contributed by atoms with Gasteiger partial charge in [-0.1, -0.05) is 57.4 Å². The third-order valence-corrected chi connectivity index (χ3v) is 7.98. The van der Waals surface area contributed by atoms with Gasteiger partial charge < -0.3 is 10.1 Å². The van der Waals surface area contributed by atoms with E-state index >= 15 is 0 Å². The molecule has 3 rings (SSSR count). The molecule has 3 aliphatic rings. The van der Waals surface area contributed by atoms with E-state index in [1.165, 1.54) is 11.1 Å². The molecule has 0 aromatic carbocycles. The van der Waals surface area contributed by atoms with E-state index in [1.54, 1.807) is 13.2 Å². The Kier molecular flexibility index (Phi) is 6.72.